The van der Waals surface area contributed by atoms with Crippen molar-refractivity contribution < 1.29 is 23.8 Å². The minimum Gasteiger partial charge on any atom is -0.454 e. The number of benzene rings is 3. The maximum Gasteiger partial charge on any atom is 0.250 e. The number of carbonyl (C=O) groups is 2. The van der Waals surface area contributed by atoms with Gasteiger partial charge in [-0.3, -0.25) is 9.59 Å². The molecule has 5 rings (SSSR count). The van der Waals surface area contributed by atoms with Crippen LogP contribution in [-0.4, -0.2) is 32.2 Å². The van der Waals surface area contributed by atoms with E-state index in [4.69, 9.17) is 14.2 Å². The van der Waals surface area contributed by atoms with Crippen LogP contribution in [0.25, 0.3) is 11.1 Å². The van der Waals surface area contributed by atoms with Gasteiger partial charge in [-0.25, -0.2) is 0 Å². The molecule has 1 amide bonds. The van der Waals surface area contributed by atoms with Crippen LogP contribution in [0.4, 0.5) is 5.69 Å². The molecule has 6 heteroatoms. The molecule has 1 N–H and O–H groups in total. The van der Waals surface area contributed by atoms with Gasteiger partial charge in [0.05, 0.1) is 5.41 Å². The summed E-state index contributed by atoms with van der Waals surface area (Å²) in [5.41, 5.74) is 6.68. The van der Waals surface area contributed by atoms with E-state index in [9.17, 15) is 9.59 Å². The molecule has 0 radical (unpaired) electrons. The molecule has 1 fully saturated rings. The number of methoxy groups -OCH3 is 1. The molecule has 1 aliphatic carbocycles. The van der Waals surface area contributed by atoms with Crippen molar-refractivity contribution in [1.82, 2.24) is 0 Å². The molecule has 1 heterocycles. The van der Waals surface area contributed by atoms with Gasteiger partial charge in [0.25, 0.3) is 0 Å². The van der Waals surface area contributed by atoms with Crippen molar-refractivity contribution in [2.45, 2.75) is 38.5 Å². The first kappa shape index (κ1) is 23.1. The number of anilines is 1. The van der Waals surface area contributed by atoms with Gasteiger partial charge in [0.2, 0.25) is 12.7 Å². The molecule has 0 bridgehead atoms. The van der Waals surface area contributed by atoms with Crippen LogP contribution in [0, 0.1) is 13.8 Å². The minimum absolute atomic E-state index is 0.0176. The van der Waals surface area contributed by atoms with Gasteiger partial charge in [0.15, 0.2) is 11.5 Å². The Morgan fingerprint density at radius 2 is 1.71 bits per heavy atom. The molecule has 0 aromatic heterocycles. The van der Waals surface area contributed by atoms with Crippen LogP contribution >= 0.6 is 0 Å². The highest BCUT2D eigenvalue weighted by atomic mass is 16.7. The zero-order valence-corrected chi connectivity index (χ0v) is 20.3. The molecule has 2 aliphatic rings. The van der Waals surface area contributed by atoms with Crippen LogP contribution in [-0.2, 0) is 26.2 Å². The van der Waals surface area contributed by atoms with E-state index in [1.54, 1.807) is 0 Å². The minimum atomic E-state index is -0.427. The molecule has 0 saturated heterocycles. The van der Waals surface area contributed by atoms with Crippen LogP contribution < -0.4 is 14.8 Å². The quantitative estimate of drug-likeness (QED) is 0.493. The standard InChI is InChI=1S/C29H29NO5/c1-18-4-5-20(13-24(18)23-8-7-22(12-19(23)2)30-28(32)16-33-3)14-27(31)29(10-11-29)21-6-9-25-26(15-21)35-17-34-25/h4-9,12-13,15H,10-11,14,16-17H2,1-3H3,(H,30,32). The average molecular weight is 472 g/mol. The highest BCUT2D eigenvalue weighted by molar-refractivity contribution is 5.95. The van der Waals surface area contributed by atoms with E-state index >= 15 is 0 Å². The van der Waals surface area contributed by atoms with Crippen molar-refractivity contribution in [2.24, 2.45) is 0 Å². The van der Waals surface area contributed by atoms with Gasteiger partial charge in [-0.1, -0.05) is 30.3 Å². The number of carbonyl (C=O) groups excluding carboxylic acids is 2. The molecule has 3 aromatic carbocycles. The summed E-state index contributed by atoms with van der Waals surface area (Å²) in [5, 5.41) is 2.84. The summed E-state index contributed by atoms with van der Waals surface area (Å²) in [4.78, 5) is 25.3. The molecule has 0 atom stereocenters. The molecule has 0 unspecified atom stereocenters. The van der Waals surface area contributed by atoms with Crippen LogP contribution in [0.15, 0.2) is 54.6 Å². The summed E-state index contributed by atoms with van der Waals surface area (Å²) in [6.45, 7) is 4.34. The Morgan fingerprint density at radius 1 is 0.914 bits per heavy atom. The second-order valence-corrected chi connectivity index (χ2v) is 9.41. The van der Waals surface area contributed by atoms with Crippen molar-refractivity contribution in [2.75, 3.05) is 25.8 Å². The lowest BCUT2D eigenvalue weighted by Crippen LogP contribution is -2.22. The van der Waals surface area contributed by atoms with E-state index in [1.165, 1.54) is 7.11 Å². The van der Waals surface area contributed by atoms with Crippen molar-refractivity contribution >= 4 is 17.4 Å². The summed E-state index contributed by atoms with van der Waals surface area (Å²) in [6, 6.07) is 18.0. The van der Waals surface area contributed by atoms with E-state index in [2.05, 4.69) is 24.4 Å². The zero-order valence-electron chi connectivity index (χ0n) is 20.3. The van der Waals surface area contributed by atoms with E-state index in [0.717, 1.165) is 63.4 Å². The lowest BCUT2D eigenvalue weighted by atomic mass is 9.86. The van der Waals surface area contributed by atoms with Crippen molar-refractivity contribution in [3.8, 4) is 22.6 Å². The molecule has 0 spiro atoms. The molecule has 180 valence electrons. The molecular weight excluding hydrogens is 442 g/mol. The van der Waals surface area contributed by atoms with Crippen LogP contribution in [0.5, 0.6) is 11.5 Å². The predicted octanol–water partition coefficient (Wildman–Crippen LogP) is 5.13. The first-order valence-electron chi connectivity index (χ1n) is 11.8. The normalized spacial score (nSPS) is 15.1. The SMILES string of the molecule is COCC(=O)Nc1ccc(-c2cc(CC(=O)C3(c4ccc5c(c4)OCO5)CC3)ccc2C)c(C)c1. The monoisotopic (exact) mass is 471 g/mol. The number of rotatable bonds is 8. The van der Waals surface area contributed by atoms with E-state index < -0.39 is 5.41 Å². The summed E-state index contributed by atoms with van der Waals surface area (Å²) < 4.78 is 15.8. The Bertz CT molecular complexity index is 1310. The predicted molar refractivity (Wildman–Crippen MR) is 134 cm³/mol. The zero-order chi connectivity index (χ0) is 24.6. The largest absolute Gasteiger partial charge is 0.454 e. The Morgan fingerprint density at radius 3 is 2.46 bits per heavy atom. The molecule has 1 saturated carbocycles. The number of nitrogens with one attached hydrogen (secondary N) is 1. The fraction of sp³-hybridized carbons (Fsp3) is 0.310. The summed E-state index contributed by atoms with van der Waals surface area (Å²) >= 11 is 0. The van der Waals surface area contributed by atoms with Gasteiger partial charge in [0.1, 0.15) is 12.4 Å². The lowest BCUT2D eigenvalue weighted by molar-refractivity contribution is -0.121. The maximum atomic E-state index is 13.5. The number of hydrogen-bond acceptors (Lipinski definition) is 5. The highest BCUT2D eigenvalue weighted by Crippen LogP contribution is 2.51. The topological polar surface area (TPSA) is 73.9 Å². The van der Waals surface area contributed by atoms with Crippen molar-refractivity contribution in [3.05, 3.63) is 76.9 Å². The van der Waals surface area contributed by atoms with E-state index in [1.807, 2.05) is 49.4 Å². The fourth-order valence-electron chi connectivity index (χ4n) is 4.84. The van der Waals surface area contributed by atoms with Gasteiger partial charge in [-0.05, 0) is 84.3 Å². The summed E-state index contributed by atoms with van der Waals surface area (Å²) in [7, 11) is 1.49. The highest BCUT2D eigenvalue weighted by Gasteiger charge is 2.50. The lowest BCUT2D eigenvalue weighted by Gasteiger charge is -2.17. The van der Waals surface area contributed by atoms with Gasteiger partial charge in [-0.2, -0.15) is 0 Å². The van der Waals surface area contributed by atoms with Crippen molar-refractivity contribution in [1.29, 1.82) is 0 Å². The fourth-order valence-corrected chi connectivity index (χ4v) is 4.84. The Labute approximate surface area is 205 Å². The number of fused-ring (bicyclic) bond motifs is 1. The van der Waals surface area contributed by atoms with Crippen LogP contribution in [0.2, 0.25) is 0 Å². The van der Waals surface area contributed by atoms with Gasteiger partial charge in [-0.15, -0.1) is 0 Å². The Kier molecular flexibility index (Phi) is 6.07. The summed E-state index contributed by atoms with van der Waals surface area (Å²) in [6.07, 6.45) is 2.10. The number of Topliss-reactive ketones (excluding diaryl/α,β-unsaturated/α-hetero) is 1. The third-order valence-corrected chi connectivity index (χ3v) is 6.95. The number of aryl methyl sites for hydroxylation is 2. The van der Waals surface area contributed by atoms with Gasteiger partial charge < -0.3 is 19.5 Å². The summed E-state index contributed by atoms with van der Waals surface area (Å²) in [5.74, 6) is 1.50. The number of ketones is 1. The third kappa shape index (κ3) is 4.54. The van der Waals surface area contributed by atoms with Crippen LogP contribution in [0.3, 0.4) is 0 Å². The molecule has 1 aliphatic heterocycles. The number of ether oxygens (including phenoxy) is 3. The van der Waals surface area contributed by atoms with E-state index in [0.29, 0.717) is 6.42 Å². The number of amides is 1. The average Bonchev–Trinajstić information content (AvgIpc) is 3.51. The van der Waals surface area contributed by atoms with Crippen LogP contribution in [0.1, 0.15) is 35.1 Å². The molecular formula is C29H29NO5. The second kappa shape index (κ2) is 9.19. The second-order valence-electron chi connectivity index (χ2n) is 9.41. The Hall–Kier alpha value is -3.64. The molecule has 35 heavy (non-hydrogen) atoms. The van der Waals surface area contributed by atoms with Gasteiger partial charge >= 0.3 is 0 Å². The molecule has 3 aromatic rings. The first-order chi connectivity index (χ1) is 16.9. The maximum absolute atomic E-state index is 13.5. The molecule has 6 nitrogen and oxygen atoms in total. The van der Waals surface area contributed by atoms with E-state index in [-0.39, 0.29) is 25.1 Å². The first-order valence-corrected chi connectivity index (χ1v) is 11.8. The smallest absolute Gasteiger partial charge is 0.250 e. The number of hydrogen-bond donors (Lipinski definition) is 1. The van der Waals surface area contributed by atoms with Crippen molar-refractivity contribution in [3.63, 3.8) is 0 Å². The Balaban J connectivity index is 1.36. The third-order valence-electron chi connectivity index (χ3n) is 6.95. The van der Waals surface area contributed by atoms with Gasteiger partial charge in [0, 0.05) is 19.2 Å².